The second-order valence-corrected chi connectivity index (χ2v) is 11.7. The summed E-state index contributed by atoms with van der Waals surface area (Å²) in [7, 11) is 0. The average molecular weight is 642 g/mol. The summed E-state index contributed by atoms with van der Waals surface area (Å²) >= 11 is 0. The molecule has 18 unspecified atom stereocenters. The van der Waals surface area contributed by atoms with E-state index in [1.165, 1.54) is 6.92 Å². The van der Waals surface area contributed by atoms with Gasteiger partial charge < -0.3 is 92.4 Å². The predicted octanol–water partition coefficient (Wildman–Crippen LogP) is -7.66. The number of aliphatic hydroxyl groups is 7. The van der Waals surface area contributed by atoms with Gasteiger partial charge in [-0.1, -0.05) is 0 Å². The van der Waals surface area contributed by atoms with Crippen LogP contribution < -0.4 is 28.3 Å². The first-order valence-corrected chi connectivity index (χ1v) is 14.6. The number of nitrogens with two attached hydrogens (primary N) is 4. The van der Waals surface area contributed by atoms with Gasteiger partial charge in [0.25, 0.3) is 0 Å². The Bertz CT molecular complexity index is 942. The van der Waals surface area contributed by atoms with Crippen molar-refractivity contribution in [3.05, 3.63) is 0 Å². The average Bonchev–Trinajstić information content (AvgIpc) is 3.27. The molecule has 1 saturated carbocycles. The molecule has 19 nitrogen and oxygen atoms in total. The lowest BCUT2D eigenvalue weighted by molar-refractivity contribution is -0.300. The molecule has 0 bridgehead atoms. The first-order valence-electron chi connectivity index (χ1n) is 14.6. The van der Waals surface area contributed by atoms with Crippen LogP contribution in [0.1, 0.15) is 19.8 Å². The van der Waals surface area contributed by atoms with Gasteiger partial charge in [-0.25, -0.2) is 0 Å². The maximum absolute atomic E-state index is 12.1. The first kappa shape index (κ1) is 35.6. The highest BCUT2D eigenvalue weighted by molar-refractivity contribution is 5.73. The number of hydrogen-bond donors (Lipinski definition) is 12. The molecule has 0 spiro atoms. The lowest BCUT2D eigenvalue weighted by Gasteiger charge is -2.47. The minimum absolute atomic E-state index is 0.0186. The number of ether oxygens (including phenoxy) is 6. The first-order chi connectivity index (χ1) is 20.8. The summed E-state index contributed by atoms with van der Waals surface area (Å²) in [6, 6.07) is -3.90. The van der Waals surface area contributed by atoms with Crippen LogP contribution in [0.5, 0.6) is 0 Å². The van der Waals surface area contributed by atoms with Crippen molar-refractivity contribution in [3.63, 3.8) is 0 Å². The Balaban J connectivity index is 1.54. The Morgan fingerprint density at radius 3 is 1.93 bits per heavy atom. The third kappa shape index (κ3) is 7.50. The fourth-order valence-electron chi connectivity index (χ4n) is 6.04. The van der Waals surface area contributed by atoms with Crippen molar-refractivity contribution in [1.82, 2.24) is 5.32 Å². The minimum atomic E-state index is -1.63. The number of carbonyl (C=O) groups is 1. The Morgan fingerprint density at radius 1 is 0.727 bits per heavy atom. The summed E-state index contributed by atoms with van der Waals surface area (Å²) in [5.74, 6) is -0.443. The molecule has 44 heavy (non-hydrogen) atoms. The van der Waals surface area contributed by atoms with Gasteiger partial charge in [0.05, 0.1) is 43.5 Å². The van der Waals surface area contributed by atoms with Crippen LogP contribution in [-0.4, -0.2) is 172 Å². The maximum Gasteiger partial charge on any atom is 0.217 e. The van der Waals surface area contributed by atoms with Crippen molar-refractivity contribution in [1.29, 1.82) is 0 Å². The number of carbonyl (C=O) groups excluding carboxylic acids is 1. The zero-order valence-corrected chi connectivity index (χ0v) is 24.2. The van der Waals surface area contributed by atoms with Gasteiger partial charge in [0.1, 0.15) is 54.9 Å². The SMILES string of the molecule is CC(=O)NC1CC(N)C(O)C(OC2OC(CO)C(OC3OC(CN)C(O)C(O)C3N)C2O)C1OC1OC(CO)C(O)CC1N. The van der Waals surface area contributed by atoms with Gasteiger partial charge in [0, 0.05) is 19.5 Å². The zero-order valence-electron chi connectivity index (χ0n) is 24.2. The number of aliphatic hydroxyl groups excluding tert-OH is 7. The third-order valence-electron chi connectivity index (χ3n) is 8.52. The lowest BCUT2D eigenvalue weighted by Crippen LogP contribution is -2.67. The Morgan fingerprint density at radius 2 is 1.32 bits per heavy atom. The van der Waals surface area contributed by atoms with E-state index in [9.17, 15) is 40.5 Å². The standard InChI is InChI=1S/C25H47N5O14/c1-7(33)30-10-2-8(27)16(35)22(20(10)42-23-9(28)3-11(34)13(5-31)40-23)44-25-19(38)21(14(6-32)41-25)43-24-15(29)18(37)17(36)12(4-26)39-24/h8-25,31-32,34-38H,2-6,26-29H2,1H3,(H,30,33). The van der Waals surface area contributed by atoms with Crippen molar-refractivity contribution < 1.29 is 69.0 Å². The molecule has 0 radical (unpaired) electrons. The van der Waals surface area contributed by atoms with Crippen LogP contribution in [0.25, 0.3) is 0 Å². The van der Waals surface area contributed by atoms with E-state index in [0.717, 1.165) is 0 Å². The van der Waals surface area contributed by atoms with Crippen LogP contribution in [0.4, 0.5) is 0 Å². The van der Waals surface area contributed by atoms with Crippen LogP contribution in [0.3, 0.4) is 0 Å². The number of rotatable bonds is 10. The normalized spacial score (nSPS) is 50.0. The van der Waals surface area contributed by atoms with E-state index in [1.807, 2.05) is 0 Å². The highest BCUT2D eigenvalue weighted by atomic mass is 16.8. The summed E-state index contributed by atoms with van der Waals surface area (Å²) < 4.78 is 35.0. The van der Waals surface area contributed by atoms with E-state index in [1.54, 1.807) is 0 Å². The van der Waals surface area contributed by atoms with Crippen LogP contribution in [0.15, 0.2) is 0 Å². The molecule has 0 aromatic carbocycles. The van der Waals surface area contributed by atoms with Gasteiger partial charge in [-0.05, 0) is 12.8 Å². The van der Waals surface area contributed by atoms with E-state index >= 15 is 0 Å². The molecule has 4 aliphatic rings. The second-order valence-electron chi connectivity index (χ2n) is 11.7. The Hall–Kier alpha value is -1.21. The molecule has 3 heterocycles. The lowest BCUT2D eigenvalue weighted by atomic mass is 9.83. The van der Waals surface area contributed by atoms with E-state index in [-0.39, 0.29) is 19.4 Å². The predicted molar refractivity (Wildman–Crippen MR) is 145 cm³/mol. The maximum atomic E-state index is 12.1. The zero-order chi connectivity index (χ0) is 32.5. The summed E-state index contributed by atoms with van der Waals surface area (Å²) in [5.41, 5.74) is 23.9. The molecule has 256 valence electrons. The van der Waals surface area contributed by atoms with Gasteiger partial charge in [-0.3, -0.25) is 4.79 Å². The van der Waals surface area contributed by atoms with Gasteiger partial charge in [-0.2, -0.15) is 0 Å². The fraction of sp³-hybridized carbons (Fsp3) is 0.960. The van der Waals surface area contributed by atoms with Gasteiger partial charge >= 0.3 is 0 Å². The summed E-state index contributed by atoms with van der Waals surface area (Å²) in [6.45, 7) is -0.0900. The fourth-order valence-corrected chi connectivity index (χ4v) is 6.04. The summed E-state index contributed by atoms with van der Waals surface area (Å²) in [4.78, 5) is 12.1. The van der Waals surface area contributed by atoms with Gasteiger partial charge in [0.2, 0.25) is 5.91 Å². The van der Waals surface area contributed by atoms with Crippen LogP contribution >= 0.6 is 0 Å². The molecule has 16 N–H and O–H groups in total. The van der Waals surface area contributed by atoms with Gasteiger partial charge in [-0.15, -0.1) is 0 Å². The van der Waals surface area contributed by atoms with E-state index in [4.69, 9.17) is 51.4 Å². The molecule has 3 aliphatic heterocycles. The highest BCUT2D eigenvalue weighted by Gasteiger charge is 2.54. The Kier molecular flexibility index (Phi) is 12.3. The molecule has 19 heteroatoms. The molecular formula is C25H47N5O14. The van der Waals surface area contributed by atoms with Crippen molar-refractivity contribution in [2.24, 2.45) is 22.9 Å². The molecule has 0 aromatic rings. The van der Waals surface area contributed by atoms with Crippen molar-refractivity contribution in [2.75, 3.05) is 19.8 Å². The van der Waals surface area contributed by atoms with Gasteiger partial charge in [0.15, 0.2) is 18.9 Å². The van der Waals surface area contributed by atoms with Crippen LogP contribution in [0, 0.1) is 0 Å². The van der Waals surface area contributed by atoms with Crippen molar-refractivity contribution in [2.45, 2.75) is 130 Å². The quantitative estimate of drug-likeness (QED) is 0.105. The number of amides is 1. The molecule has 1 amide bonds. The Labute approximate surface area is 253 Å². The molecule has 1 aliphatic carbocycles. The summed E-state index contributed by atoms with van der Waals surface area (Å²) in [6.07, 6.45) is -18.2. The van der Waals surface area contributed by atoms with E-state index < -0.39 is 129 Å². The molecular weight excluding hydrogens is 594 g/mol. The topological polar surface area (TPSA) is 330 Å². The monoisotopic (exact) mass is 641 g/mol. The van der Waals surface area contributed by atoms with Crippen molar-refractivity contribution >= 4 is 5.91 Å². The third-order valence-corrected chi connectivity index (χ3v) is 8.52. The smallest absolute Gasteiger partial charge is 0.217 e. The van der Waals surface area contributed by atoms with Crippen molar-refractivity contribution in [3.8, 4) is 0 Å². The number of nitrogens with one attached hydrogen (secondary N) is 1. The molecule has 4 fully saturated rings. The minimum Gasteiger partial charge on any atom is -0.394 e. The highest BCUT2D eigenvalue weighted by Crippen LogP contribution is 2.34. The molecule has 18 atom stereocenters. The van der Waals surface area contributed by atoms with Crippen LogP contribution in [-0.2, 0) is 33.2 Å². The molecule has 3 saturated heterocycles. The van der Waals surface area contributed by atoms with Crippen LogP contribution in [0.2, 0.25) is 0 Å². The largest absolute Gasteiger partial charge is 0.394 e. The van der Waals surface area contributed by atoms with E-state index in [0.29, 0.717) is 0 Å². The summed E-state index contributed by atoms with van der Waals surface area (Å²) in [5, 5.41) is 75.3. The molecule has 0 aromatic heterocycles. The second kappa shape index (κ2) is 15.1. The van der Waals surface area contributed by atoms with E-state index in [2.05, 4.69) is 5.32 Å². The molecule has 4 rings (SSSR count). The number of hydrogen-bond acceptors (Lipinski definition) is 18.